The van der Waals surface area contributed by atoms with E-state index in [1.165, 1.54) is 0 Å². The first-order chi connectivity index (χ1) is 8.99. The Bertz CT molecular complexity index is 306. The van der Waals surface area contributed by atoms with E-state index in [0.29, 0.717) is 13.2 Å². The van der Waals surface area contributed by atoms with Crippen molar-refractivity contribution in [1.82, 2.24) is 4.98 Å². The van der Waals surface area contributed by atoms with Gasteiger partial charge >= 0.3 is 0 Å². The fourth-order valence-electron chi connectivity index (χ4n) is 1.12. The molecule has 0 unspecified atom stereocenters. The monoisotopic (exact) mass is 269 g/mol. The van der Waals surface area contributed by atoms with Crippen LogP contribution in [0.25, 0.3) is 0 Å². The molecule has 1 rings (SSSR count). The number of ether oxygens (including phenoxy) is 2. The van der Waals surface area contributed by atoms with Crippen molar-refractivity contribution >= 4 is 0 Å². The number of hydrogen-bond acceptors (Lipinski definition) is 3. The summed E-state index contributed by atoms with van der Waals surface area (Å²) in [4.78, 5) is 4.14. The van der Waals surface area contributed by atoms with Gasteiger partial charge in [-0.15, -0.1) is 0 Å². The van der Waals surface area contributed by atoms with Gasteiger partial charge in [-0.1, -0.05) is 27.7 Å². The Morgan fingerprint density at radius 2 is 1.63 bits per heavy atom. The Kier molecular flexibility index (Phi) is 12.7. The highest BCUT2D eigenvalue weighted by molar-refractivity contribution is 5.25. The summed E-state index contributed by atoms with van der Waals surface area (Å²) >= 11 is 0. The van der Waals surface area contributed by atoms with Crippen LogP contribution in [0, 0.1) is 6.92 Å². The molecule has 0 fully saturated rings. The van der Waals surface area contributed by atoms with Crippen molar-refractivity contribution < 1.29 is 9.47 Å². The van der Waals surface area contributed by atoms with E-state index in [1.807, 2.05) is 67.5 Å². The first-order valence-electron chi connectivity index (χ1n) is 7.17. The molecule has 0 aliphatic rings. The fraction of sp³-hybridized carbons (Fsp3) is 0.688. The van der Waals surface area contributed by atoms with Crippen molar-refractivity contribution in [3.05, 3.63) is 24.0 Å². The molecule has 3 nitrogen and oxygen atoms in total. The zero-order valence-corrected chi connectivity index (χ0v) is 13.9. The van der Waals surface area contributed by atoms with E-state index >= 15 is 0 Å². The van der Waals surface area contributed by atoms with Crippen LogP contribution in [0.2, 0.25) is 0 Å². The number of pyridine rings is 1. The molecule has 0 radical (unpaired) electrons. The zero-order valence-electron chi connectivity index (χ0n) is 13.9. The lowest BCUT2D eigenvalue weighted by molar-refractivity contribution is -0.0164. The first-order valence-corrected chi connectivity index (χ1v) is 7.17. The molecule has 112 valence electrons. The summed E-state index contributed by atoms with van der Waals surface area (Å²) in [5.41, 5.74) is 0.807. The summed E-state index contributed by atoms with van der Waals surface area (Å²) in [5, 5.41) is 0. The van der Waals surface area contributed by atoms with Gasteiger partial charge in [0.2, 0.25) is 0 Å². The van der Waals surface area contributed by atoms with Crippen molar-refractivity contribution in [3.63, 3.8) is 0 Å². The lowest BCUT2D eigenvalue weighted by atomic mass is 10.2. The van der Waals surface area contributed by atoms with Gasteiger partial charge in [-0.25, -0.2) is 0 Å². The Morgan fingerprint density at radius 3 is 2.11 bits per heavy atom. The number of aromatic nitrogens is 1. The van der Waals surface area contributed by atoms with Crippen LogP contribution in [0.3, 0.4) is 0 Å². The highest BCUT2D eigenvalue weighted by Gasteiger charge is 2.09. The maximum Gasteiger partial charge on any atom is 0.140 e. The first kappa shape index (κ1) is 20.2. The zero-order chi connectivity index (χ0) is 15.3. The van der Waals surface area contributed by atoms with E-state index in [2.05, 4.69) is 4.98 Å². The van der Waals surface area contributed by atoms with E-state index in [1.54, 1.807) is 6.20 Å². The van der Waals surface area contributed by atoms with Crippen LogP contribution < -0.4 is 4.74 Å². The number of aryl methyl sites for hydroxylation is 1. The second-order valence-corrected chi connectivity index (χ2v) is 4.40. The molecule has 1 heterocycles. The molecular weight excluding hydrogens is 238 g/mol. The quantitative estimate of drug-likeness (QED) is 0.746. The van der Waals surface area contributed by atoms with Gasteiger partial charge in [0.1, 0.15) is 12.4 Å². The Morgan fingerprint density at radius 1 is 1.05 bits per heavy atom. The van der Waals surface area contributed by atoms with E-state index in [0.717, 1.165) is 11.4 Å². The van der Waals surface area contributed by atoms with Crippen LogP contribution in [0.4, 0.5) is 0 Å². The summed E-state index contributed by atoms with van der Waals surface area (Å²) in [7, 11) is 0. The average Bonchev–Trinajstić information content (AvgIpc) is 2.40. The Balaban J connectivity index is 0. The molecule has 0 aromatic carbocycles. The second kappa shape index (κ2) is 12.0. The van der Waals surface area contributed by atoms with Crippen molar-refractivity contribution in [2.24, 2.45) is 0 Å². The minimum Gasteiger partial charge on any atom is -0.489 e. The van der Waals surface area contributed by atoms with Crippen LogP contribution in [0.1, 0.15) is 54.2 Å². The molecule has 19 heavy (non-hydrogen) atoms. The second-order valence-electron chi connectivity index (χ2n) is 4.40. The lowest BCUT2D eigenvalue weighted by Gasteiger charge is -2.19. The summed E-state index contributed by atoms with van der Waals surface area (Å²) in [6.45, 7) is 17.2. The molecule has 1 aromatic rings. The molecule has 0 N–H and O–H groups in total. The maximum absolute atomic E-state index is 5.55. The number of rotatable bonds is 4. The molecule has 1 aromatic heterocycles. The van der Waals surface area contributed by atoms with Gasteiger partial charge < -0.3 is 9.47 Å². The third-order valence-corrected chi connectivity index (χ3v) is 1.83. The summed E-state index contributed by atoms with van der Waals surface area (Å²) in [6, 6.07) is 3.78. The van der Waals surface area contributed by atoms with Crippen LogP contribution in [-0.2, 0) is 4.74 Å². The van der Waals surface area contributed by atoms with Crippen molar-refractivity contribution in [1.29, 1.82) is 0 Å². The minimum atomic E-state index is -0.104. The van der Waals surface area contributed by atoms with Gasteiger partial charge in [0.25, 0.3) is 0 Å². The van der Waals surface area contributed by atoms with E-state index in [-0.39, 0.29) is 5.60 Å². The summed E-state index contributed by atoms with van der Waals surface area (Å²) < 4.78 is 11.1. The van der Waals surface area contributed by atoms with Gasteiger partial charge in [-0.3, -0.25) is 4.98 Å². The van der Waals surface area contributed by atoms with Gasteiger partial charge in [0.05, 0.1) is 17.9 Å². The third-order valence-electron chi connectivity index (χ3n) is 1.83. The minimum absolute atomic E-state index is 0.104. The molecule has 0 saturated carbocycles. The Labute approximate surface area is 119 Å². The van der Waals surface area contributed by atoms with Crippen LogP contribution in [0.15, 0.2) is 18.3 Å². The Hall–Kier alpha value is -1.09. The smallest absolute Gasteiger partial charge is 0.140 e. The van der Waals surface area contributed by atoms with Crippen molar-refractivity contribution in [2.75, 3.05) is 13.2 Å². The number of nitrogens with zero attached hydrogens (tertiary/aromatic N) is 1. The molecule has 3 heteroatoms. The van der Waals surface area contributed by atoms with Crippen molar-refractivity contribution in [2.45, 2.75) is 61.0 Å². The topological polar surface area (TPSA) is 31.4 Å². The predicted molar refractivity (Wildman–Crippen MR) is 82.9 cm³/mol. The molecule has 0 aliphatic carbocycles. The molecule has 0 saturated heterocycles. The van der Waals surface area contributed by atoms with Gasteiger partial charge in [0.15, 0.2) is 0 Å². The molecule has 0 atom stereocenters. The molecular formula is C16H31NO2. The molecule has 0 amide bonds. The predicted octanol–water partition coefficient (Wildman–Crippen LogP) is 4.64. The van der Waals surface area contributed by atoms with Gasteiger partial charge in [0, 0.05) is 6.20 Å². The highest BCUT2D eigenvalue weighted by atomic mass is 16.5. The average molecular weight is 269 g/mol. The standard InChI is InChI=1S/C12H19NO2.2C2H6/c1-10-11(6-5-7-13-10)14-8-9-15-12(2,3)4;2*1-2/h5-7H,8-9H2,1-4H3;2*1-2H3. The fourth-order valence-corrected chi connectivity index (χ4v) is 1.12. The molecule has 0 spiro atoms. The SMILES string of the molecule is CC.CC.Cc1ncccc1OCCOC(C)(C)C. The largest absolute Gasteiger partial charge is 0.489 e. The van der Waals surface area contributed by atoms with Crippen LogP contribution in [0.5, 0.6) is 5.75 Å². The normalized spacial score (nSPS) is 9.68. The van der Waals surface area contributed by atoms with Crippen molar-refractivity contribution in [3.8, 4) is 5.75 Å². The number of hydrogen-bond donors (Lipinski definition) is 0. The highest BCUT2D eigenvalue weighted by Crippen LogP contribution is 2.13. The van der Waals surface area contributed by atoms with Gasteiger partial charge in [-0.05, 0) is 39.8 Å². The lowest BCUT2D eigenvalue weighted by Crippen LogP contribution is -2.22. The summed E-state index contributed by atoms with van der Waals surface area (Å²) in [6.07, 6.45) is 1.76. The molecule has 0 bridgehead atoms. The maximum atomic E-state index is 5.55. The van der Waals surface area contributed by atoms with Crippen LogP contribution in [-0.4, -0.2) is 23.8 Å². The third kappa shape index (κ3) is 11.7. The van der Waals surface area contributed by atoms with E-state index in [9.17, 15) is 0 Å². The van der Waals surface area contributed by atoms with E-state index < -0.39 is 0 Å². The van der Waals surface area contributed by atoms with Gasteiger partial charge in [-0.2, -0.15) is 0 Å². The summed E-state index contributed by atoms with van der Waals surface area (Å²) in [5.74, 6) is 0.829. The molecule has 0 aliphatic heterocycles. The van der Waals surface area contributed by atoms with E-state index in [4.69, 9.17) is 9.47 Å². The van der Waals surface area contributed by atoms with Crippen LogP contribution >= 0.6 is 0 Å².